The fraction of sp³-hybridized carbons (Fsp3) is 0.350. The summed E-state index contributed by atoms with van der Waals surface area (Å²) in [5.41, 5.74) is 0.654. The van der Waals surface area contributed by atoms with E-state index >= 15 is 0 Å². The summed E-state index contributed by atoms with van der Waals surface area (Å²) < 4.78 is 11.7. The predicted octanol–water partition coefficient (Wildman–Crippen LogP) is 4.53. The highest BCUT2D eigenvalue weighted by Gasteiger charge is 2.35. The average Bonchev–Trinajstić information content (AvgIpc) is 2.56. The molecule has 2 aromatic carbocycles. The maximum Gasteiger partial charge on any atom is 0.261 e. The van der Waals surface area contributed by atoms with Crippen molar-refractivity contribution in [3.8, 4) is 11.5 Å². The van der Waals surface area contributed by atoms with Crippen molar-refractivity contribution in [3.05, 3.63) is 59.1 Å². The molecule has 25 heavy (non-hydrogen) atoms. The van der Waals surface area contributed by atoms with Gasteiger partial charge in [0.05, 0.1) is 6.04 Å². The molecule has 1 aliphatic rings. The van der Waals surface area contributed by atoms with Gasteiger partial charge < -0.3 is 14.8 Å². The van der Waals surface area contributed by atoms with Crippen molar-refractivity contribution >= 4 is 17.5 Å². The monoisotopic (exact) mass is 359 g/mol. The Morgan fingerprint density at radius 3 is 2.64 bits per heavy atom. The highest BCUT2D eigenvalue weighted by molar-refractivity contribution is 6.30. The molecular formula is C20H22ClNO3. The van der Waals surface area contributed by atoms with Crippen LogP contribution in [0.2, 0.25) is 5.02 Å². The average molecular weight is 360 g/mol. The molecule has 2 atom stereocenters. The molecule has 0 spiro atoms. The minimum atomic E-state index is -0.612. The van der Waals surface area contributed by atoms with Crippen molar-refractivity contribution in [1.29, 1.82) is 0 Å². The van der Waals surface area contributed by atoms with E-state index in [4.69, 9.17) is 21.1 Å². The molecule has 1 aliphatic heterocycles. The lowest BCUT2D eigenvalue weighted by Crippen LogP contribution is -2.44. The minimum absolute atomic E-state index is 0.108. The molecule has 0 bridgehead atoms. The molecule has 5 heteroatoms. The molecule has 0 saturated carbocycles. The number of carbonyl (C=O) groups is 1. The van der Waals surface area contributed by atoms with E-state index in [0.717, 1.165) is 11.3 Å². The van der Waals surface area contributed by atoms with Crippen LogP contribution in [0.15, 0.2) is 48.5 Å². The third-order valence-electron chi connectivity index (χ3n) is 4.19. The second-order valence-electron chi connectivity index (χ2n) is 6.88. The maximum absolute atomic E-state index is 12.6. The lowest BCUT2D eigenvalue weighted by Gasteiger charge is -2.38. The maximum atomic E-state index is 12.6. The Balaban J connectivity index is 1.70. The van der Waals surface area contributed by atoms with E-state index in [9.17, 15) is 4.79 Å². The van der Waals surface area contributed by atoms with Crippen LogP contribution in [0.3, 0.4) is 0 Å². The second-order valence-corrected chi connectivity index (χ2v) is 7.32. The van der Waals surface area contributed by atoms with Crippen molar-refractivity contribution in [1.82, 2.24) is 5.32 Å². The number of hydrogen-bond acceptors (Lipinski definition) is 3. The van der Waals surface area contributed by atoms with Crippen LogP contribution in [0.5, 0.6) is 11.5 Å². The summed E-state index contributed by atoms with van der Waals surface area (Å²) in [6.45, 7) is 5.78. The number of fused-ring (bicyclic) bond motifs is 1. The molecule has 0 fully saturated rings. The standard InChI is InChI=1S/C20H22ClNO3/c1-13(24-15-10-8-14(21)9-11-15)19(23)22-17-12-20(2,3)25-18-7-5-4-6-16(17)18/h4-11,13,17H,12H2,1-3H3,(H,22,23)/t13-,17-/m0/s1. The van der Waals surface area contributed by atoms with Gasteiger partial charge >= 0.3 is 0 Å². The topological polar surface area (TPSA) is 47.6 Å². The molecule has 1 amide bonds. The minimum Gasteiger partial charge on any atom is -0.487 e. The van der Waals surface area contributed by atoms with Crippen molar-refractivity contribution in [2.75, 3.05) is 0 Å². The van der Waals surface area contributed by atoms with E-state index in [-0.39, 0.29) is 17.6 Å². The van der Waals surface area contributed by atoms with Gasteiger partial charge in [-0.3, -0.25) is 4.79 Å². The Hall–Kier alpha value is -2.20. The van der Waals surface area contributed by atoms with Crippen LogP contribution in [0.25, 0.3) is 0 Å². The molecule has 0 unspecified atom stereocenters. The number of halogens is 1. The second kappa shape index (κ2) is 6.96. The van der Waals surface area contributed by atoms with Gasteiger partial charge in [-0.05, 0) is 51.1 Å². The van der Waals surface area contributed by atoms with E-state index in [2.05, 4.69) is 5.32 Å². The predicted molar refractivity (Wildman–Crippen MR) is 98.2 cm³/mol. The van der Waals surface area contributed by atoms with Gasteiger partial charge in [-0.25, -0.2) is 0 Å². The zero-order valence-corrected chi connectivity index (χ0v) is 15.3. The van der Waals surface area contributed by atoms with Gasteiger partial charge in [0, 0.05) is 17.0 Å². The molecule has 1 heterocycles. The Kier molecular flexibility index (Phi) is 4.91. The van der Waals surface area contributed by atoms with E-state index < -0.39 is 6.10 Å². The lowest BCUT2D eigenvalue weighted by molar-refractivity contribution is -0.128. The quantitative estimate of drug-likeness (QED) is 0.872. The van der Waals surface area contributed by atoms with Crippen molar-refractivity contribution in [2.45, 2.75) is 44.9 Å². The summed E-state index contributed by atoms with van der Waals surface area (Å²) in [7, 11) is 0. The normalized spacial score (nSPS) is 19.3. The molecule has 0 radical (unpaired) electrons. The third kappa shape index (κ3) is 4.26. The summed E-state index contributed by atoms with van der Waals surface area (Å²) in [5, 5.41) is 3.72. The molecule has 0 aliphatic carbocycles. The Labute approximate surface area is 153 Å². The van der Waals surface area contributed by atoms with Gasteiger partial charge in [-0.15, -0.1) is 0 Å². The first-order valence-corrected chi connectivity index (χ1v) is 8.72. The third-order valence-corrected chi connectivity index (χ3v) is 4.44. The summed E-state index contributed by atoms with van der Waals surface area (Å²) in [6, 6.07) is 14.7. The molecule has 0 saturated heterocycles. The van der Waals surface area contributed by atoms with Crippen LogP contribution in [0.4, 0.5) is 0 Å². The van der Waals surface area contributed by atoms with Crippen molar-refractivity contribution in [3.63, 3.8) is 0 Å². The van der Waals surface area contributed by atoms with E-state index in [1.54, 1.807) is 31.2 Å². The SMILES string of the molecule is C[C@H](Oc1ccc(Cl)cc1)C(=O)N[C@H]1CC(C)(C)Oc2ccccc21. The van der Waals surface area contributed by atoms with Crippen LogP contribution < -0.4 is 14.8 Å². The largest absolute Gasteiger partial charge is 0.487 e. The summed E-state index contributed by atoms with van der Waals surface area (Å²) in [5.74, 6) is 1.27. The summed E-state index contributed by atoms with van der Waals surface area (Å²) in [6.07, 6.45) is 0.0861. The molecule has 1 N–H and O–H groups in total. The Bertz CT molecular complexity index is 758. The van der Waals surface area contributed by atoms with Crippen LogP contribution in [-0.4, -0.2) is 17.6 Å². The van der Waals surface area contributed by atoms with Crippen LogP contribution >= 0.6 is 11.6 Å². The number of hydrogen-bond donors (Lipinski definition) is 1. The van der Waals surface area contributed by atoms with Crippen LogP contribution in [0, 0.1) is 0 Å². The lowest BCUT2D eigenvalue weighted by atomic mass is 9.89. The van der Waals surface area contributed by atoms with Gasteiger partial charge in [0.25, 0.3) is 5.91 Å². The van der Waals surface area contributed by atoms with Crippen molar-refractivity contribution in [2.24, 2.45) is 0 Å². The van der Waals surface area contributed by atoms with Crippen LogP contribution in [0.1, 0.15) is 38.8 Å². The number of nitrogens with one attached hydrogen (secondary N) is 1. The van der Waals surface area contributed by atoms with E-state index in [1.807, 2.05) is 38.1 Å². The number of rotatable bonds is 4. The van der Waals surface area contributed by atoms with Gasteiger partial charge in [0.1, 0.15) is 17.1 Å². The molecule has 132 valence electrons. The van der Waals surface area contributed by atoms with Crippen LogP contribution in [-0.2, 0) is 4.79 Å². The molecule has 2 aromatic rings. The summed E-state index contributed by atoms with van der Waals surface area (Å²) >= 11 is 5.87. The van der Waals surface area contributed by atoms with E-state index in [1.165, 1.54) is 0 Å². The zero-order valence-electron chi connectivity index (χ0n) is 14.6. The number of amides is 1. The van der Waals surface area contributed by atoms with Gasteiger partial charge in [-0.1, -0.05) is 29.8 Å². The Morgan fingerprint density at radius 1 is 1.24 bits per heavy atom. The highest BCUT2D eigenvalue weighted by atomic mass is 35.5. The summed E-state index contributed by atoms with van der Waals surface area (Å²) in [4.78, 5) is 12.6. The van der Waals surface area contributed by atoms with Gasteiger partial charge in [-0.2, -0.15) is 0 Å². The van der Waals surface area contributed by atoms with E-state index in [0.29, 0.717) is 17.2 Å². The first kappa shape index (κ1) is 17.6. The fourth-order valence-corrected chi connectivity index (χ4v) is 3.12. The highest BCUT2D eigenvalue weighted by Crippen LogP contribution is 2.39. The molecule has 3 rings (SSSR count). The fourth-order valence-electron chi connectivity index (χ4n) is 2.99. The molecular weight excluding hydrogens is 338 g/mol. The molecule has 0 aromatic heterocycles. The van der Waals surface area contributed by atoms with Gasteiger partial charge in [0.15, 0.2) is 6.10 Å². The molecule has 4 nitrogen and oxygen atoms in total. The number of benzene rings is 2. The number of para-hydroxylation sites is 1. The van der Waals surface area contributed by atoms with Gasteiger partial charge in [0.2, 0.25) is 0 Å². The number of ether oxygens (including phenoxy) is 2. The first-order chi connectivity index (χ1) is 11.8. The van der Waals surface area contributed by atoms with Crippen molar-refractivity contribution < 1.29 is 14.3 Å². The Morgan fingerprint density at radius 2 is 1.92 bits per heavy atom. The number of carbonyl (C=O) groups excluding carboxylic acids is 1. The smallest absolute Gasteiger partial charge is 0.261 e. The zero-order chi connectivity index (χ0) is 18.0. The first-order valence-electron chi connectivity index (χ1n) is 8.35.